The van der Waals surface area contributed by atoms with E-state index in [-0.39, 0.29) is 12.1 Å². The van der Waals surface area contributed by atoms with Crippen molar-refractivity contribution in [2.75, 3.05) is 0 Å². The number of pyridine rings is 2. The summed E-state index contributed by atoms with van der Waals surface area (Å²) in [5.41, 5.74) is 13.3. The first-order valence-electron chi connectivity index (χ1n) is 10.5. The van der Waals surface area contributed by atoms with Crippen molar-refractivity contribution in [1.29, 1.82) is 0 Å². The summed E-state index contributed by atoms with van der Waals surface area (Å²) in [7, 11) is 0. The van der Waals surface area contributed by atoms with E-state index in [0.717, 1.165) is 19.4 Å². The Labute approximate surface area is 173 Å². The van der Waals surface area contributed by atoms with E-state index in [0.29, 0.717) is 6.54 Å². The number of likely N-dealkylation sites (tertiary alicyclic amines) is 1. The van der Waals surface area contributed by atoms with Crippen molar-refractivity contribution in [2.45, 2.75) is 58.3 Å². The SMILES string of the molecule is Cc1cccnc1C1CCCC(c2ncccc2C)N1Cc1cccc(CN)c1. The van der Waals surface area contributed by atoms with Crippen molar-refractivity contribution in [2.24, 2.45) is 5.73 Å². The fourth-order valence-corrected chi connectivity index (χ4v) is 4.62. The smallest absolute Gasteiger partial charge is 0.0604 e. The second-order valence-electron chi connectivity index (χ2n) is 8.07. The van der Waals surface area contributed by atoms with Crippen molar-refractivity contribution in [3.05, 3.63) is 94.6 Å². The van der Waals surface area contributed by atoms with Crippen LogP contribution in [-0.2, 0) is 13.1 Å². The number of aryl methyl sites for hydroxylation is 2. The summed E-state index contributed by atoms with van der Waals surface area (Å²) < 4.78 is 0. The van der Waals surface area contributed by atoms with E-state index in [2.05, 4.69) is 55.1 Å². The lowest BCUT2D eigenvalue weighted by molar-refractivity contribution is 0.0678. The van der Waals surface area contributed by atoms with Gasteiger partial charge in [0.15, 0.2) is 0 Å². The zero-order valence-electron chi connectivity index (χ0n) is 17.4. The molecule has 4 heteroatoms. The number of aromatic nitrogens is 2. The van der Waals surface area contributed by atoms with Gasteiger partial charge in [0.1, 0.15) is 0 Å². The van der Waals surface area contributed by atoms with Gasteiger partial charge in [0.25, 0.3) is 0 Å². The van der Waals surface area contributed by atoms with E-state index in [9.17, 15) is 0 Å². The molecule has 4 rings (SSSR count). The summed E-state index contributed by atoms with van der Waals surface area (Å²) >= 11 is 0. The van der Waals surface area contributed by atoms with Gasteiger partial charge in [0, 0.05) is 25.5 Å². The van der Waals surface area contributed by atoms with E-state index in [1.807, 2.05) is 24.5 Å². The zero-order chi connectivity index (χ0) is 20.2. The number of hydrogen-bond donors (Lipinski definition) is 1. The van der Waals surface area contributed by atoms with E-state index >= 15 is 0 Å². The Hall–Kier alpha value is -2.56. The number of benzene rings is 1. The lowest BCUT2D eigenvalue weighted by atomic mass is 9.88. The minimum Gasteiger partial charge on any atom is -0.326 e. The topological polar surface area (TPSA) is 55.0 Å². The van der Waals surface area contributed by atoms with Crippen molar-refractivity contribution >= 4 is 0 Å². The average Bonchev–Trinajstić information content (AvgIpc) is 2.75. The summed E-state index contributed by atoms with van der Waals surface area (Å²) in [5.74, 6) is 0. The molecule has 0 bridgehead atoms. The van der Waals surface area contributed by atoms with Crippen LogP contribution in [0.4, 0.5) is 0 Å². The van der Waals surface area contributed by atoms with Gasteiger partial charge in [-0.1, -0.05) is 36.4 Å². The maximum Gasteiger partial charge on any atom is 0.0604 e. The third-order valence-corrected chi connectivity index (χ3v) is 6.08. The molecule has 4 nitrogen and oxygen atoms in total. The normalized spacial score (nSPS) is 20.0. The van der Waals surface area contributed by atoms with Crippen LogP contribution in [0, 0.1) is 13.8 Å². The standard InChI is InChI=1S/C25H30N4/c1-18-7-5-13-27-24(18)22-11-4-12-23(25-19(2)8-6-14-28-25)29(22)17-21-10-3-9-20(15-21)16-26/h3,5-10,13-15,22-23H,4,11-12,16-17,26H2,1-2H3. The molecule has 1 fully saturated rings. The van der Waals surface area contributed by atoms with Crippen LogP contribution in [0.2, 0.25) is 0 Å². The lowest BCUT2D eigenvalue weighted by Crippen LogP contribution is -2.37. The molecule has 2 aromatic heterocycles. The Morgan fingerprint density at radius 1 is 0.862 bits per heavy atom. The summed E-state index contributed by atoms with van der Waals surface area (Å²) in [4.78, 5) is 12.2. The Kier molecular flexibility index (Phi) is 6.02. The molecule has 0 radical (unpaired) electrons. The number of nitrogens with zero attached hydrogens (tertiary/aromatic N) is 3. The van der Waals surface area contributed by atoms with Gasteiger partial charge in [0.05, 0.1) is 23.5 Å². The molecule has 2 unspecified atom stereocenters. The highest BCUT2D eigenvalue weighted by Gasteiger charge is 2.35. The van der Waals surface area contributed by atoms with Gasteiger partial charge in [-0.05, 0) is 67.5 Å². The molecule has 1 aliphatic heterocycles. The van der Waals surface area contributed by atoms with Crippen LogP contribution in [-0.4, -0.2) is 14.9 Å². The van der Waals surface area contributed by atoms with Gasteiger partial charge >= 0.3 is 0 Å². The highest BCUT2D eigenvalue weighted by Crippen LogP contribution is 2.43. The molecule has 0 aliphatic carbocycles. The maximum absolute atomic E-state index is 5.89. The molecule has 29 heavy (non-hydrogen) atoms. The quantitative estimate of drug-likeness (QED) is 0.669. The predicted molar refractivity (Wildman–Crippen MR) is 117 cm³/mol. The van der Waals surface area contributed by atoms with Gasteiger partial charge in [0.2, 0.25) is 0 Å². The first-order chi connectivity index (χ1) is 14.2. The second kappa shape index (κ2) is 8.85. The minimum absolute atomic E-state index is 0.290. The van der Waals surface area contributed by atoms with Gasteiger partial charge in [-0.25, -0.2) is 0 Å². The summed E-state index contributed by atoms with van der Waals surface area (Å²) in [6.07, 6.45) is 7.27. The van der Waals surface area contributed by atoms with Crippen molar-refractivity contribution < 1.29 is 0 Å². The molecule has 1 saturated heterocycles. The zero-order valence-corrected chi connectivity index (χ0v) is 17.4. The maximum atomic E-state index is 5.89. The highest BCUT2D eigenvalue weighted by molar-refractivity contribution is 5.28. The molecular formula is C25H30N4. The van der Waals surface area contributed by atoms with Gasteiger partial charge in [-0.2, -0.15) is 0 Å². The third-order valence-electron chi connectivity index (χ3n) is 6.08. The van der Waals surface area contributed by atoms with Gasteiger partial charge in [-0.3, -0.25) is 14.9 Å². The van der Waals surface area contributed by atoms with E-state index in [1.165, 1.54) is 40.1 Å². The molecule has 1 aliphatic rings. The largest absolute Gasteiger partial charge is 0.326 e. The van der Waals surface area contributed by atoms with Crippen LogP contribution in [0.15, 0.2) is 60.9 Å². The molecule has 1 aromatic carbocycles. The van der Waals surface area contributed by atoms with Crippen molar-refractivity contribution in [3.8, 4) is 0 Å². The summed E-state index contributed by atoms with van der Waals surface area (Å²) in [5, 5.41) is 0. The first kappa shape index (κ1) is 19.7. The Morgan fingerprint density at radius 3 is 2.00 bits per heavy atom. The number of rotatable bonds is 5. The van der Waals surface area contributed by atoms with Crippen molar-refractivity contribution in [3.63, 3.8) is 0 Å². The highest BCUT2D eigenvalue weighted by atomic mass is 15.2. The molecule has 0 saturated carbocycles. The van der Waals surface area contributed by atoms with Crippen LogP contribution in [0.5, 0.6) is 0 Å². The van der Waals surface area contributed by atoms with Crippen LogP contribution in [0.1, 0.15) is 65.0 Å². The van der Waals surface area contributed by atoms with Gasteiger partial charge in [-0.15, -0.1) is 0 Å². The molecule has 2 N–H and O–H groups in total. The predicted octanol–water partition coefficient (Wildman–Crippen LogP) is 5.02. The fraction of sp³-hybridized carbons (Fsp3) is 0.360. The van der Waals surface area contributed by atoms with Crippen LogP contribution >= 0.6 is 0 Å². The Bertz CT molecular complexity index is 915. The Morgan fingerprint density at radius 2 is 1.45 bits per heavy atom. The first-order valence-corrected chi connectivity index (χ1v) is 10.5. The minimum atomic E-state index is 0.290. The van der Waals surface area contributed by atoms with E-state index in [4.69, 9.17) is 15.7 Å². The lowest BCUT2D eigenvalue weighted by Gasteiger charge is -2.42. The van der Waals surface area contributed by atoms with Crippen LogP contribution in [0.3, 0.4) is 0 Å². The molecule has 2 atom stereocenters. The van der Waals surface area contributed by atoms with Crippen LogP contribution < -0.4 is 5.73 Å². The van der Waals surface area contributed by atoms with E-state index < -0.39 is 0 Å². The molecular weight excluding hydrogens is 356 g/mol. The van der Waals surface area contributed by atoms with Crippen molar-refractivity contribution in [1.82, 2.24) is 14.9 Å². The molecule has 3 heterocycles. The van der Waals surface area contributed by atoms with Gasteiger partial charge < -0.3 is 5.73 Å². The third kappa shape index (κ3) is 4.24. The average molecular weight is 387 g/mol. The number of piperidine rings is 1. The molecule has 0 spiro atoms. The molecule has 0 amide bonds. The molecule has 3 aromatic rings. The number of hydrogen-bond acceptors (Lipinski definition) is 4. The summed E-state index contributed by atoms with van der Waals surface area (Å²) in [6, 6.07) is 17.6. The Balaban J connectivity index is 1.76. The fourth-order valence-electron chi connectivity index (χ4n) is 4.62. The number of nitrogens with two attached hydrogens (primary N) is 1. The van der Waals surface area contributed by atoms with Crippen LogP contribution in [0.25, 0.3) is 0 Å². The monoisotopic (exact) mass is 386 g/mol. The van der Waals surface area contributed by atoms with E-state index in [1.54, 1.807) is 0 Å². The second-order valence-corrected chi connectivity index (χ2v) is 8.07. The molecule has 150 valence electrons. The summed E-state index contributed by atoms with van der Waals surface area (Å²) in [6.45, 7) is 5.78.